The molecule has 0 unspecified atom stereocenters. The maximum atomic E-state index is 13.2. The number of nitrogens with one attached hydrogen (secondary N) is 1. The Morgan fingerprint density at radius 1 is 1.35 bits per heavy atom. The van der Waals surface area contributed by atoms with Crippen molar-refractivity contribution in [3.8, 4) is 0 Å². The Morgan fingerprint density at radius 2 is 2.12 bits per heavy atom. The molecule has 0 spiro atoms. The number of halogens is 2. The normalized spacial score (nSPS) is 10.3. The van der Waals surface area contributed by atoms with E-state index in [2.05, 4.69) is 26.2 Å². The van der Waals surface area contributed by atoms with Crippen molar-refractivity contribution >= 4 is 33.1 Å². The maximum absolute atomic E-state index is 13.2. The molecule has 0 amide bonds. The number of aromatic nitrogens is 1. The summed E-state index contributed by atoms with van der Waals surface area (Å²) in [4.78, 5) is 4.12. The van der Waals surface area contributed by atoms with E-state index >= 15 is 0 Å². The quantitative estimate of drug-likeness (QED) is 0.890. The highest BCUT2D eigenvalue weighted by Gasteiger charge is 2.05. The molecule has 3 N–H and O–H groups in total. The molecule has 0 aliphatic heterocycles. The number of aryl methyl sites for hydroxylation is 1. The molecule has 0 bridgehead atoms. The average molecular weight is 296 g/mol. The van der Waals surface area contributed by atoms with Crippen molar-refractivity contribution in [2.24, 2.45) is 0 Å². The number of rotatable bonds is 2. The van der Waals surface area contributed by atoms with Gasteiger partial charge in [0.25, 0.3) is 0 Å². The standard InChI is InChI=1S/C12H11BrFN3/c1-7-4-10(14)9(13)5-11(7)17-12-3-2-8(15)6-16-12/h2-6H,15H2,1H3,(H,16,17). The Kier molecular flexibility index (Phi) is 3.28. The summed E-state index contributed by atoms with van der Waals surface area (Å²) in [6.07, 6.45) is 1.57. The largest absolute Gasteiger partial charge is 0.397 e. The summed E-state index contributed by atoms with van der Waals surface area (Å²) in [6.45, 7) is 1.83. The minimum absolute atomic E-state index is 0.279. The van der Waals surface area contributed by atoms with E-state index in [0.717, 1.165) is 11.3 Å². The molecule has 2 aromatic rings. The molecular formula is C12H11BrFN3. The Morgan fingerprint density at radius 3 is 2.76 bits per heavy atom. The van der Waals surface area contributed by atoms with E-state index in [1.807, 2.05) is 6.92 Å². The van der Waals surface area contributed by atoms with Crippen molar-refractivity contribution in [2.75, 3.05) is 11.1 Å². The van der Waals surface area contributed by atoms with Crippen molar-refractivity contribution in [1.82, 2.24) is 4.98 Å². The van der Waals surface area contributed by atoms with Crippen LogP contribution >= 0.6 is 15.9 Å². The molecule has 2 rings (SSSR count). The van der Waals surface area contributed by atoms with Crippen LogP contribution in [0.1, 0.15) is 5.56 Å². The third-order valence-corrected chi connectivity index (χ3v) is 2.92. The first-order chi connectivity index (χ1) is 8.06. The third kappa shape index (κ3) is 2.74. The summed E-state index contributed by atoms with van der Waals surface area (Å²) in [6, 6.07) is 6.67. The van der Waals surface area contributed by atoms with E-state index in [-0.39, 0.29) is 5.82 Å². The van der Waals surface area contributed by atoms with Crippen LogP contribution in [0, 0.1) is 12.7 Å². The maximum Gasteiger partial charge on any atom is 0.137 e. The van der Waals surface area contributed by atoms with Crippen LogP contribution in [0.5, 0.6) is 0 Å². The van der Waals surface area contributed by atoms with Gasteiger partial charge in [-0.05, 0) is 52.7 Å². The van der Waals surface area contributed by atoms with E-state index in [0.29, 0.717) is 16.0 Å². The van der Waals surface area contributed by atoms with Gasteiger partial charge in [0.1, 0.15) is 11.6 Å². The van der Waals surface area contributed by atoms with Crippen LogP contribution in [0.25, 0.3) is 0 Å². The summed E-state index contributed by atoms with van der Waals surface area (Å²) in [7, 11) is 0. The summed E-state index contributed by atoms with van der Waals surface area (Å²) in [5.41, 5.74) is 7.76. The summed E-state index contributed by atoms with van der Waals surface area (Å²) < 4.78 is 13.7. The van der Waals surface area contributed by atoms with Gasteiger partial charge in [-0.1, -0.05) is 0 Å². The summed E-state index contributed by atoms with van der Waals surface area (Å²) >= 11 is 3.15. The van der Waals surface area contributed by atoms with Crippen LogP contribution in [0.3, 0.4) is 0 Å². The van der Waals surface area contributed by atoms with E-state index in [9.17, 15) is 4.39 Å². The lowest BCUT2D eigenvalue weighted by molar-refractivity contribution is 0.620. The lowest BCUT2D eigenvalue weighted by Gasteiger charge is -2.10. The van der Waals surface area contributed by atoms with Gasteiger partial charge in [0, 0.05) is 5.69 Å². The number of nitrogen functional groups attached to an aromatic ring is 1. The SMILES string of the molecule is Cc1cc(F)c(Br)cc1Nc1ccc(N)cn1. The van der Waals surface area contributed by atoms with Gasteiger partial charge in [-0.2, -0.15) is 0 Å². The Bertz CT molecular complexity index is 540. The zero-order valence-corrected chi connectivity index (χ0v) is 10.8. The van der Waals surface area contributed by atoms with Crippen LogP contribution in [-0.2, 0) is 0 Å². The van der Waals surface area contributed by atoms with E-state index in [4.69, 9.17) is 5.73 Å². The number of anilines is 3. The fourth-order valence-electron chi connectivity index (χ4n) is 1.40. The minimum Gasteiger partial charge on any atom is -0.397 e. The predicted molar refractivity (Wildman–Crippen MR) is 70.8 cm³/mol. The second-order valence-electron chi connectivity index (χ2n) is 3.68. The second kappa shape index (κ2) is 4.71. The smallest absolute Gasteiger partial charge is 0.137 e. The van der Waals surface area contributed by atoms with Crippen molar-refractivity contribution in [3.05, 3.63) is 46.3 Å². The van der Waals surface area contributed by atoms with Crippen molar-refractivity contribution in [2.45, 2.75) is 6.92 Å². The van der Waals surface area contributed by atoms with Crippen LogP contribution in [0.2, 0.25) is 0 Å². The van der Waals surface area contributed by atoms with Gasteiger partial charge >= 0.3 is 0 Å². The van der Waals surface area contributed by atoms with Crippen LogP contribution in [0.15, 0.2) is 34.9 Å². The fourth-order valence-corrected chi connectivity index (χ4v) is 1.74. The highest BCUT2D eigenvalue weighted by atomic mass is 79.9. The Balaban J connectivity index is 2.30. The molecule has 1 heterocycles. The number of nitrogens with two attached hydrogens (primary N) is 1. The number of benzene rings is 1. The Hall–Kier alpha value is -1.62. The van der Waals surface area contributed by atoms with Gasteiger partial charge in [0.05, 0.1) is 16.4 Å². The summed E-state index contributed by atoms with van der Waals surface area (Å²) in [5, 5.41) is 3.10. The predicted octanol–water partition coefficient (Wildman–Crippen LogP) is 3.62. The van der Waals surface area contributed by atoms with Crippen molar-refractivity contribution in [1.29, 1.82) is 0 Å². The number of pyridine rings is 1. The van der Waals surface area contributed by atoms with E-state index in [1.54, 1.807) is 24.4 Å². The van der Waals surface area contributed by atoms with Crippen LogP contribution in [0.4, 0.5) is 21.6 Å². The first-order valence-electron chi connectivity index (χ1n) is 5.00. The molecular weight excluding hydrogens is 285 g/mol. The number of nitrogens with zero attached hydrogens (tertiary/aromatic N) is 1. The number of hydrogen-bond acceptors (Lipinski definition) is 3. The third-order valence-electron chi connectivity index (χ3n) is 2.32. The first kappa shape index (κ1) is 11.9. The molecule has 0 saturated heterocycles. The molecule has 1 aromatic heterocycles. The minimum atomic E-state index is -0.279. The lowest BCUT2D eigenvalue weighted by Crippen LogP contribution is -1.97. The second-order valence-corrected chi connectivity index (χ2v) is 4.54. The van der Waals surface area contributed by atoms with E-state index in [1.165, 1.54) is 6.07 Å². The van der Waals surface area contributed by atoms with Gasteiger partial charge in [0.2, 0.25) is 0 Å². The molecule has 1 aromatic carbocycles. The molecule has 17 heavy (non-hydrogen) atoms. The van der Waals surface area contributed by atoms with Gasteiger partial charge in [-0.3, -0.25) is 0 Å². The zero-order chi connectivity index (χ0) is 12.4. The molecule has 88 valence electrons. The molecule has 0 fully saturated rings. The van der Waals surface area contributed by atoms with Gasteiger partial charge in [-0.15, -0.1) is 0 Å². The molecule has 0 aliphatic carbocycles. The highest BCUT2D eigenvalue weighted by Crippen LogP contribution is 2.26. The summed E-state index contributed by atoms with van der Waals surface area (Å²) in [5.74, 6) is 0.388. The molecule has 5 heteroatoms. The van der Waals surface area contributed by atoms with Crippen molar-refractivity contribution in [3.63, 3.8) is 0 Å². The Labute approximate surface area is 107 Å². The highest BCUT2D eigenvalue weighted by molar-refractivity contribution is 9.10. The first-order valence-corrected chi connectivity index (χ1v) is 5.80. The van der Waals surface area contributed by atoms with Gasteiger partial charge < -0.3 is 11.1 Å². The van der Waals surface area contributed by atoms with Gasteiger partial charge in [0.15, 0.2) is 0 Å². The average Bonchev–Trinajstić information content (AvgIpc) is 2.29. The van der Waals surface area contributed by atoms with E-state index < -0.39 is 0 Å². The number of hydrogen-bond donors (Lipinski definition) is 2. The molecule has 0 radical (unpaired) electrons. The lowest BCUT2D eigenvalue weighted by atomic mass is 10.2. The fraction of sp³-hybridized carbons (Fsp3) is 0.0833. The molecule has 3 nitrogen and oxygen atoms in total. The molecule has 0 aliphatic rings. The topological polar surface area (TPSA) is 50.9 Å². The van der Waals surface area contributed by atoms with Gasteiger partial charge in [-0.25, -0.2) is 9.37 Å². The van der Waals surface area contributed by atoms with Crippen molar-refractivity contribution < 1.29 is 4.39 Å². The molecule has 0 atom stereocenters. The molecule has 0 saturated carbocycles. The monoisotopic (exact) mass is 295 g/mol. The van der Waals surface area contributed by atoms with Crippen LogP contribution < -0.4 is 11.1 Å². The van der Waals surface area contributed by atoms with Crippen LogP contribution in [-0.4, -0.2) is 4.98 Å². The zero-order valence-electron chi connectivity index (χ0n) is 9.17.